The van der Waals surface area contributed by atoms with Gasteiger partial charge in [0.1, 0.15) is 0 Å². The third-order valence-electron chi connectivity index (χ3n) is 4.96. The first-order valence-electron chi connectivity index (χ1n) is 9.72. The monoisotopic (exact) mass is 372 g/mol. The van der Waals surface area contributed by atoms with Crippen LogP contribution in [-0.2, 0) is 4.79 Å². The molecule has 0 radical (unpaired) electrons. The number of carbonyl (C=O) groups excluding carboxylic acids is 2. The molecule has 8 heteroatoms. The molecule has 2 N–H and O–H groups in total. The van der Waals surface area contributed by atoms with Crippen LogP contribution in [0.15, 0.2) is 30.1 Å². The Kier molecular flexibility index (Phi) is 7.01. The van der Waals surface area contributed by atoms with Gasteiger partial charge in [0.15, 0.2) is 0 Å². The predicted molar refractivity (Wildman–Crippen MR) is 103 cm³/mol. The van der Waals surface area contributed by atoms with Gasteiger partial charge in [0, 0.05) is 45.1 Å². The Hall–Kier alpha value is -2.64. The molecule has 2 heterocycles. The van der Waals surface area contributed by atoms with Crippen LogP contribution in [0.25, 0.3) is 0 Å². The zero-order valence-corrected chi connectivity index (χ0v) is 15.7. The van der Waals surface area contributed by atoms with Crippen LogP contribution in [0.1, 0.15) is 32.1 Å². The van der Waals surface area contributed by atoms with Crippen LogP contribution in [0, 0.1) is 0 Å². The molecule has 146 valence electrons. The summed E-state index contributed by atoms with van der Waals surface area (Å²) in [4.78, 5) is 36.4. The average molecular weight is 372 g/mol. The molecule has 1 saturated heterocycles. The molecule has 3 amide bonds. The van der Waals surface area contributed by atoms with Crippen molar-refractivity contribution >= 4 is 17.9 Å². The first kappa shape index (κ1) is 19.1. The molecule has 0 bridgehead atoms. The van der Waals surface area contributed by atoms with Crippen molar-refractivity contribution in [2.24, 2.45) is 0 Å². The van der Waals surface area contributed by atoms with E-state index in [1.54, 1.807) is 23.4 Å². The Morgan fingerprint density at radius 3 is 2.52 bits per heavy atom. The second-order valence-corrected chi connectivity index (χ2v) is 6.89. The van der Waals surface area contributed by atoms with Gasteiger partial charge >= 0.3 is 6.03 Å². The van der Waals surface area contributed by atoms with Crippen molar-refractivity contribution in [1.82, 2.24) is 25.5 Å². The topological polar surface area (TPSA) is 90.5 Å². The van der Waals surface area contributed by atoms with E-state index in [-0.39, 0.29) is 18.5 Å². The Bertz CT molecular complexity index is 655. The summed E-state index contributed by atoms with van der Waals surface area (Å²) in [5.41, 5.74) is 1.44. The number of nitrogens with zero attached hydrogens (tertiary/aromatic N) is 4. The number of amides is 3. The lowest BCUT2D eigenvalue weighted by Crippen LogP contribution is -2.53. The van der Waals surface area contributed by atoms with Gasteiger partial charge < -0.3 is 20.4 Å². The molecule has 1 aliphatic heterocycles. The summed E-state index contributed by atoms with van der Waals surface area (Å²) in [6.45, 7) is 3.17. The van der Waals surface area contributed by atoms with Crippen molar-refractivity contribution in [2.75, 3.05) is 44.2 Å². The molecular formula is C19H28N6O2. The largest absolute Gasteiger partial charge is 0.354 e. The van der Waals surface area contributed by atoms with Gasteiger partial charge in [0.05, 0.1) is 6.54 Å². The van der Waals surface area contributed by atoms with Crippen molar-refractivity contribution in [3.63, 3.8) is 0 Å². The molecule has 3 rings (SSSR count). The number of urea groups is 1. The van der Waals surface area contributed by atoms with Crippen LogP contribution < -0.4 is 15.5 Å². The van der Waals surface area contributed by atoms with E-state index >= 15 is 0 Å². The van der Waals surface area contributed by atoms with Crippen LogP contribution in [0.2, 0.25) is 0 Å². The molecule has 0 spiro atoms. The van der Waals surface area contributed by atoms with E-state index in [2.05, 4.69) is 31.6 Å². The third kappa shape index (κ3) is 5.94. The second kappa shape index (κ2) is 9.89. The predicted octanol–water partition coefficient (Wildman–Crippen LogP) is 1.31. The Labute approximate surface area is 160 Å². The highest BCUT2D eigenvalue weighted by molar-refractivity contribution is 5.84. The summed E-state index contributed by atoms with van der Waals surface area (Å²) in [5, 5.41) is 5.58. The maximum absolute atomic E-state index is 12.2. The van der Waals surface area contributed by atoms with Crippen LogP contribution in [0.4, 0.5) is 10.7 Å². The van der Waals surface area contributed by atoms with Gasteiger partial charge in [-0.2, -0.15) is 0 Å². The van der Waals surface area contributed by atoms with E-state index in [9.17, 15) is 9.59 Å². The highest BCUT2D eigenvalue weighted by Crippen LogP contribution is 2.19. The number of carbonyl (C=O) groups is 2. The van der Waals surface area contributed by atoms with Gasteiger partial charge in [0.25, 0.3) is 0 Å². The number of allylic oxidation sites excluding steroid dienone is 1. The minimum absolute atomic E-state index is 0.0138. The minimum Gasteiger partial charge on any atom is -0.354 e. The lowest BCUT2D eigenvalue weighted by molar-refractivity contribution is -0.120. The fourth-order valence-corrected chi connectivity index (χ4v) is 3.39. The Morgan fingerprint density at radius 2 is 1.81 bits per heavy atom. The van der Waals surface area contributed by atoms with Gasteiger partial charge in [-0.15, -0.1) is 0 Å². The van der Waals surface area contributed by atoms with E-state index in [1.807, 2.05) is 0 Å². The fourth-order valence-electron chi connectivity index (χ4n) is 3.39. The zero-order valence-electron chi connectivity index (χ0n) is 15.7. The van der Waals surface area contributed by atoms with Crippen molar-refractivity contribution < 1.29 is 9.59 Å². The molecule has 0 aromatic carbocycles. The highest BCUT2D eigenvalue weighted by atomic mass is 16.2. The summed E-state index contributed by atoms with van der Waals surface area (Å²) in [6, 6.07) is 1.58. The first-order valence-corrected chi connectivity index (χ1v) is 9.72. The first-order chi connectivity index (χ1) is 13.2. The lowest BCUT2D eigenvalue weighted by atomic mass is 9.97. The van der Waals surface area contributed by atoms with Crippen LogP contribution in [-0.4, -0.2) is 66.1 Å². The SMILES string of the molecule is O=C(CNC(=O)N1CCN(c2ncccn2)CC1)NCCC1=CCCCC1. The molecule has 0 saturated carbocycles. The van der Waals surface area contributed by atoms with Gasteiger partial charge in [-0.1, -0.05) is 11.6 Å². The Morgan fingerprint density at radius 1 is 1.04 bits per heavy atom. The summed E-state index contributed by atoms with van der Waals surface area (Å²) in [5.74, 6) is 0.543. The molecule has 1 aliphatic carbocycles. The van der Waals surface area contributed by atoms with Gasteiger partial charge in [-0.3, -0.25) is 4.79 Å². The van der Waals surface area contributed by atoms with E-state index < -0.39 is 0 Å². The lowest BCUT2D eigenvalue weighted by Gasteiger charge is -2.34. The zero-order chi connectivity index (χ0) is 18.9. The third-order valence-corrected chi connectivity index (χ3v) is 4.96. The molecule has 1 fully saturated rings. The van der Waals surface area contributed by atoms with Crippen LogP contribution in [0.5, 0.6) is 0 Å². The Balaban J connectivity index is 1.31. The van der Waals surface area contributed by atoms with Gasteiger partial charge in [-0.05, 0) is 38.2 Å². The number of anilines is 1. The van der Waals surface area contributed by atoms with Gasteiger partial charge in [-0.25, -0.2) is 14.8 Å². The molecule has 1 aromatic rings. The van der Waals surface area contributed by atoms with Gasteiger partial charge in [0.2, 0.25) is 11.9 Å². The molecule has 1 aromatic heterocycles. The number of hydrogen-bond donors (Lipinski definition) is 2. The number of nitrogens with one attached hydrogen (secondary N) is 2. The fraction of sp³-hybridized carbons (Fsp3) is 0.579. The highest BCUT2D eigenvalue weighted by Gasteiger charge is 2.22. The van der Waals surface area contributed by atoms with Crippen LogP contribution in [0.3, 0.4) is 0 Å². The molecule has 8 nitrogen and oxygen atoms in total. The molecule has 2 aliphatic rings. The van der Waals surface area contributed by atoms with E-state index in [0.29, 0.717) is 38.7 Å². The van der Waals surface area contributed by atoms with Crippen molar-refractivity contribution in [2.45, 2.75) is 32.1 Å². The molecule has 0 unspecified atom stereocenters. The van der Waals surface area contributed by atoms with Crippen molar-refractivity contribution in [1.29, 1.82) is 0 Å². The second-order valence-electron chi connectivity index (χ2n) is 6.89. The van der Waals surface area contributed by atoms with E-state index in [0.717, 1.165) is 19.3 Å². The number of hydrogen-bond acceptors (Lipinski definition) is 5. The smallest absolute Gasteiger partial charge is 0.317 e. The quantitative estimate of drug-likeness (QED) is 0.735. The van der Waals surface area contributed by atoms with Crippen LogP contribution >= 0.6 is 0 Å². The maximum Gasteiger partial charge on any atom is 0.317 e. The van der Waals surface area contributed by atoms with Crippen molar-refractivity contribution in [3.8, 4) is 0 Å². The summed E-state index contributed by atoms with van der Waals surface area (Å²) < 4.78 is 0. The van der Waals surface area contributed by atoms with Crippen molar-refractivity contribution in [3.05, 3.63) is 30.1 Å². The average Bonchev–Trinajstić information content (AvgIpc) is 2.73. The number of aromatic nitrogens is 2. The van der Waals surface area contributed by atoms with E-state index in [4.69, 9.17) is 0 Å². The molecular weight excluding hydrogens is 344 g/mol. The summed E-state index contributed by atoms with van der Waals surface area (Å²) in [7, 11) is 0. The molecule has 27 heavy (non-hydrogen) atoms. The minimum atomic E-state index is -0.200. The standard InChI is InChI=1S/C19H28N6O2/c26-17(20-10-7-16-5-2-1-3-6-16)15-23-19(27)25-13-11-24(12-14-25)18-21-8-4-9-22-18/h4-5,8-9H,1-3,6-7,10-15H2,(H,20,26)(H,23,27). The number of rotatable bonds is 6. The summed E-state index contributed by atoms with van der Waals surface area (Å²) in [6.07, 6.45) is 11.4. The summed E-state index contributed by atoms with van der Waals surface area (Å²) >= 11 is 0. The van der Waals surface area contributed by atoms with E-state index in [1.165, 1.54) is 18.4 Å². The maximum atomic E-state index is 12.2. The normalized spacial score (nSPS) is 17.3. The number of piperazine rings is 1. The molecule has 0 atom stereocenters.